The zero-order valence-corrected chi connectivity index (χ0v) is 14.0. The highest BCUT2D eigenvalue weighted by molar-refractivity contribution is 5.85. The fourth-order valence-corrected chi connectivity index (χ4v) is 2.95. The van der Waals surface area contributed by atoms with Gasteiger partial charge in [-0.2, -0.15) is 9.88 Å². The summed E-state index contributed by atoms with van der Waals surface area (Å²) in [6, 6.07) is 11.9. The maximum Gasteiger partial charge on any atom is 0.125 e. The molecule has 0 amide bonds. The molecule has 1 saturated heterocycles. The van der Waals surface area contributed by atoms with E-state index in [-0.39, 0.29) is 12.7 Å². The van der Waals surface area contributed by atoms with Gasteiger partial charge in [-0.1, -0.05) is 35.6 Å². The molecule has 1 fully saturated rings. The van der Waals surface area contributed by atoms with Gasteiger partial charge in [-0.25, -0.2) is 0 Å². The molecule has 3 rings (SSSR count). The van der Waals surface area contributed by atoms with Gasteiger partial charge in [0.25, 0.3) is 0 Å². The van der Waals surface area contributed by atoms with Crippen molar-refractivity contribution < 1.29 is 34.5 Å². The second-order valence-corrected chi connectivity index (χ2v) is 5.68. The summed E-state index contributed by atoms with van der Waals surface area (Å²) in [6.45, 7) is 0.0296. The Hall–Kier alpha value is -1.86. The number of nitrogens with one attached hydrogen (secondary N) is 3. The normalized spacial score (nSPS) is 22.8. The lowest BCUT2D eigenvalue weighted by molar-refractivity contribution is -0.339. The number of hydrogen-bond donors (Lipinski definition) is 5. The first kappa shape index (κ1) is 18.9. The summed E-state index contributed by atoms with van der Waals surface area (Å²) >= 11 is 0. The molecule has 0 saturated carbocycles. The third-order valence-corrected chi connectivity index (χ3v) is 4.15. The Morgan fingerprint density at radius 3 is 2.65 bits per heavy atom. The summed E-state index contributed by atoms with van der Waals surface area (Å²) in [4.78, 5) is 13.5. The van der Waals surface area contributed by atoms with E-state index in [1.165, 1.54) is 5.64 Å². The second kappa shape index (κ2) is 9.19. The van der Waals surface area contributed by atoms with Gasteiger partial charge in [-0.15, -0.1) is 0 Å². The van der Waals surface area contributed by atoms with Gasteiger partial charge in [0.2, 0.25) is 0 Å². The number of benzene rings is 2. The van der Waals surface area contributed by atoms with E-state index in [2.05, 4.69) is 15.5 Å². The van der Waals surface area contributed by atoms with E-state index in [1.807, 2.05) is 42.0 Å². The van der Waals surface area contributed by atoms with E-state index < -0.39 is 12.2 Å². The largest absolute Gasteiger partial charge is 0.496 e. The lowest BCUT2D eigenvalue weighted by Crippen LogP contribution is -2.34. The number of aliphatic hydroxyl groups excluding tert-OH is 1. The molecule has 1 aliphatic rings. The van der Waals surface area contributed by atoms with Crippen molar-refractivity contribution in [3.63, 3.8) is 0 Å². The van der Waals surface area contributed by atoms with Gasteiger partial charge in [-0.3, -0.25) is 10.0 Å². The molecule has 0 aromatic heterocycles. The number of fused-ring (bicyclic) bond motifs is 1. The van der Waals surface area contributed by atoms with Crippen LogP contribution >= 0.6 is 0 Å². The lowest BCUT2D eigenvalue weighted by atomic mass is 9.99. The molecule has 1 heterocycles. The van der Waals surface area contributed by atoms with E-state index in [1.54, 1.807) is 7.11 Å². The molecule has 1 unspecified atom stereocenters. The first-order chi connectivity index (χ1) is 12.7. The number of ether oxygens (including phenoxy) is 2. The highest BCUT2D eigenvalue weighted by atomic mass is 17.1. The summed E-state index contributed by atoms with van der Waals surface area (Å²) in [5.74, 6) is 0.710. The molecule has 5 N–H and O–H groups in total. The van der Waals surface area contributed by atoms with E-state index >= 15 is 0 Å². The number of methoxy groups -OCH3 is 1. The zero-order valence-electron chi connectivity index (χ0n) is 14.0. The van der Waals surface area contributed by atoms with E-state index in [9.17, 15) is 5.11 Å². The lowest BCUT2D eigenvalue weighted by Gasteiger charge is -2.17. The molecule has 142 valence electrons. The maximum atomic E-state index is 10.2. The van der Waals surface area contributed by atoms with Gasteiger partial charge in [0, 0.05) is 12.0 Å². The summed E-state index contributed by atoms with van der Waals surface area (Å²) in [7, 11) is 1.61. The van der Waals surface area contributed by atoms with Crippen LogP contribution in [-0.2, 0) is 19.5 Å². The van der Waals surface area contributed by atoms with Crippen molar-refractivity contribution in [3.05, 3.63) is 42.0 Å². The predicted molar refractivity (Wildman–Crippen MR) is 88.1 cm³/mol. The Balaban J connectivity index is 1.62. The average molecular weight is 367 g/mol. The van der Waals surface area contributed by atoms with Crippen LogP contribution in [0.4, 0.5) is 0 Å². The van der Waals surface area contributed by atoms with Gasteiger partial charge in [0.1, 0.15) is 11.9 Å². The first-order valence-electron chi connectivity index (χ1n) is 7.95. The average Bonchev–Trinajstić information content (AvgIpc) is 3.04. The van der Waals surface area contributed by atoms with Gasteiger partial charge in [0.05, 0.1) is 25.9 Å². The van der Waals surface area contributed by atoms with Crippen LogP contribution in [0.3, 0.4) is 0 Å². The molecule has 2 aromatic rings. The summed E-state index contributed by atoms with van der Waals surface area (Å²) in [5.41, 5.74) is 6.11. The summed E-state index contributed by atoms with van der Waals surface area (Å²) in [5, 5.41) is 20.5. The van der Waals surface area contributed by atoms with Crippen molar-refractivity contribution in [1.82, 2.24) is 16.9 Å². The second-order valence-electron chi connectivity index (χ2n) is 5.68. The topological polar surface area (TPSA) is 123 Å². The highest BCUT2D eigenvalue weighted by Crippen LogP contribution is 2.39. The smallest absolute Gasteiger partial charge is 0.125 e. The SMILES string of the molecule is COc1cc2ccccc2cc1[C@H]1C[C@@H](O)C(CONONONO)O1. The van der Waals surface area contributed by atoms with Crippen LogP contribution in [0.5, 0.6) is 5.75 Å². The Morgan fingerprint density at radius 2 is 1.92 bits per heavy atom. The molecule has 2 aromatic carbocycles. The maximum absolute atomic E-state index is 10.2. The zero-order chi connectivity index (χ0) is 18.4. The van der Waals surface area contributed by atoms with Gasteiger partial charge in [-0.05, 0) is 28.5 Å². The first-order valence-corrected chi connectivity index (χ1v) is 7.95. The van der Waals surface area contributed by atoms with Gasteiger partial charge in [0.15, 0.2) is 0 Å². The van der Waals surface area contributed by atoms with Crippen LogP contribution in [0, 0.1) is 0 Å². The van der Waals surface area contributed by atoms with Crippen LogP contribution in [0.2, 0.25) is 0 Å². The molecular weight excluding hydrogens is 346 g/mol. The third kappa shape index (κ3) is 4.45. The van der Waals surface area contributed by atoms with Crippen molar-refractivity contribution in [2.24, 2.45) is 0 Å². The molecule has 0 bridgehead atoms. The minimum absolute atomic E-state index is 0.0296. The fraction of sp³-hybridized carbons (Fsp3) is 0.375. The van der Waals surface area contributed by atoms with Crippen LogP contribution in [-0.4, -0.2) is 36.2 Å². The van der Waals surface area contributed by atoms with Crippen LogP contribution in [0.15, 0.2) is 36.4 Å². The molecular formula is C16H21N3O7. The van der Waals surface area contributed by atoms with Crippen LogP contribution in [0.25, 0.3) is 10.8 Å². The van der Waals surface area contributed by atoms with E-state index in [0.29, 0.717) is 12.2 Å². The Bertz CT molecular complexity index is 717. The van der Waals surface area contributed by atoms with Gasteiger partial charge >= 0.3 is 0 Å². The van der Waals surface area contributed by atoms with Crippen molar-refractivity contribution in [2.75, 3.05) is 13.7 Å². The van der Waals surface area contributed by atoms with Crippen molar-refractivity contribution >= 4 is 10.8 Å². The molecule has 3 atom stereocenters. The van der Waals surface area contributed by atoms with E-state index in [4.69, 9.17) is 19.5 Å². The minimum Gasteiger partial charge on any atom is -0.496 e. The Morgan fingerprint density at radius 1 is 1.15 bits per heavy atom. The third-order valence-electron chi connectivity index (χ3n) is 4.15. The van der Waals surface area contributed by atoms with E-state index in [0.717, 1.165) is 16.3 Å². The Labute approximate surface area is 149 Å². The molecule has 1 aliphatic heterocycles. The molecule has 10 nitrogen and oxygen atoms in total. The monoisotopic (exact) mass is 367 g/mol. The molecule has 26 heavy (non-hydrogen) atoms. The highest BCUT2D eigenvalue weighted by Gasteiger charge is 2.36. The van der Waals surface area contributed by atoms with Crippen molar-refractivity contribution in [1.29, 1.82) is 0 Å². The molecule has 10 heteroatoms. The fourth-order valence-electron chi connectivity index (χ4n) is 2.95. The van der Waals surface area contributed by atoms with Crippen LogP contribution in [0.1, 0.15) is 18.1 Å². The molecule has 0 spiro atoms. The van der Waals surface area contributed by atoms with Crippen LogP contribution < -0.4 is 21.7 Å². The van der Waals surface area contributed by atoms with Crippen molar-refractivity contribution in [2.45, 2.75) is 24.7 Å². The quantitative estimate of drug-likeness (QED) is 0.321. The minimum atomic E-state index is -0.707. The summed E-state index contributed by atoms with van der Waals surface area (Å²) in [6.07, 6.45) is -1.16. The van der Waals surface area contributed by atoms with Crippen molar-refractivity contribution in [3.8, 4) is 5.75 Å². The summed E-state index contributed by atoms with van der Waals surface area (Å²) < 4.78 is 11.4. The molecule has 0 radical (unpaired) electrons. The molecule has 0 aliphatic carbocycles. The number of aliphatic hydroxyl groups is 1. The van der Waals surface area contributed by atoms with Gasteiger partial charge < -0.3 is 14.6 Å². The Kier molecular flexibility index (Phi) is 6.68. The number of hydrogen-bond acceptors (Lipinski definition) is 10. The number of rotatable bonds is 9. The standard InChI is InChI=1S/C16H21N3O7/c1-22-14-7-11-5-3-2-4-10(11)6-12(14)15-8-13(20)16(24-15)9-23-18-26-19-25-17-21/h2-7,13,15-21H,8-9H2,1H3/t13-,15-,16?/m1/s1. The predicted octanol–water partition coefficient (Wildman–Crippen LogP) is 0.822.